The van der Waals surface area contributed by atoms with Crippen LogP contribution in [-0.4, -0.2) is 32.3 Å². The van der Waals surface area contributed by atoms with Crippen LogP contribution in [0.25, 0.3) is 10.9 Å². The van der Waals surface area contributed by atoms with Crippen molar-refractivity contribution in [3.63, 3.8) is 0 Å². The first-order valence-corrected chi connectivity index (χ1v) is 10.8. The third-order valence-corrected chi connectivity index (χ3v) is 6.87. The van der Waals surface area contributed by atoms with E-state index in [0.29, 0.717) is 11.4 Å². The van der Waals surface area contributed by atoms with Crippen molar-refractivity contribution in [3.8, 4) is 0 Å². The summed E-state index contributed by atoms with van der Waals surface area (Å²) in [5.41, 5.74) is 1.80. The largest absolute Gasteiger partial charge is 0.481 e. The summed E-state index contributed by atoms with van der Waals surface area (Å²) in [7, 11) is -1.15. The van der Waals surface area contributed by atoms with Crippen LogP contribution in [0, 0.1) is 5.92 Å². The minimum atomic E-state index is -1.82. The van der Waals surface area contributed by atoms with Gasteiger partial charge in [-0.1, -0.05) is 70.9 Å². The zero-order valence-electron chi connectivity index (χ0n) is 15.1. The van der Waals surface area contributed by atoms with Crippen molar-refractivity contribution >= 4 is 37.1 Å². The number of benzene rings is 2. The highest BCUT2D eigenvalue weighted by atomic mass is 32.2. The second kappa shape index (κ2) is 9.28. The molecule has 0 fully saturated rings. The number of thioether (sulfide) groups is 1. The Morgan fingerprint density at radius 3 is 2.50 bits per heavy atom. The van der Waals surface area contributed by atoms with Crippen LogP contribution in [0.3, 0.4) is 0 Å². The van der Waals surface area contributed by atoms with E-state index in [2.05, 4.69) is 4.98 Å². The molecule has 0 aliphatic carbocycles. The van der Waals surface area contributed by atoms with E-state index in [1.807, 2.05) is 66.7 Å². The smallest absolute Gasteiger partial charge is 0.361 e. The molecule has 3 unspecified atom stereocenters. The molecule has 5 nitrogen and oxygen atoms in total. The lowest BCUT2D eigenvalue weighted by Crippen LogP contribution is -2.40. The molecule has 0 bridgehead atoms. The lowest BCUT2D eigenvalue weighted by molar-refractivity contribution is -0.146. The third kappa shape index (κ3) is 4.96. The Hall–Kier alpha value is -2.27. The summed E-state index contributed by atoms with van der Waals surface area (Å²) >= 11 is 1.22. The zero-order valence-corrected chi connectivity index (χ0v) is 16.9. The molecule has 1 aromatic heterocycles. The Morgan fingerprint density at radius 1 is 1.07 bits per heavy atom. The van der Waals surface area contributed by atoms with Gasteiger partial charge in [0.05, 0.1) is 16.3 Å². The number of rotatable bonds is 9. The lowest BCUT2D eigenvalue weighted by Gasteiger charge is -2.22. The monoisotopic (exact) mass is 414 g/mol. The van der Waals surface area contributed by atoms with Crippen molar-refractivity contribution in [2.75, 3.05) is 5.75 Å². The van der Waals surface area contributed by atoms with Crippen LogP contribution in [0.5, 0.6) is 0 Å². The van der Waals surface area contributed by atoms with Gasteiger partial charge < -0.3 is 10.2 Å². The highest BCUT2D eigenvalue weighted by Gasteiger charge is 2.49. The molecule has 1 heterocycles. The van der Waals surface area contributed by atoms with Crippen molar-refractivity contribution in [2.45, 2.75) is 23.2 Å². The van der Waals surface area contributed by atoms with Crippen LogP contribution in [0.4, 0.5) is 0 Å². The first-order valence-electron chi connectivity index (χ1n) is 8.89. The Bertz CT molecular complexity index is 969. The molecular formula is C21H21NO4PS+. The van der Waals surface area contributed by atoms with Crippen LogP contribution >= 0.6 is 20.2 Å². The standard InChI is InChI=1S/C21H20NO4PS/c23-20(24)17(12-10-15-6-2-1-3-7-15)21(25,27-26)14-28-19-13-11-16-8-4-5-9-18(16)22-19/h1-9,11,13,17,25H,10,12,14H2,(H,23,24)/p+1. The summed E-state index contributed by atoms with van der Waals surface area (Å²) in [5.74, 6) is -2.28. The van der Waals surface area contributed by atoms with Gasteiger partial charge >= 0.3 is 14.4 Å². The van der Waals surface area contributed by atoms with Gasteiger partial charge in [-0.3, -0.25) is 4.79 Å². The van der Waals surface area contributed by atoms with Crippen molar-refractivity contribution in [3.05, 3.63) is 72.3 Å². The topological polar surface area (TPSA) is 87.5 Å². The van der Waals surface area contributed by atoms with Gasteiger partial charge in [0, 0.05) is 5.39 Å². The van der Waals surface area contributed by atoms with Gasteiger partial charge in [-0.05, 0) is 30.5 Å². The number of fused-ring (bicyclic) bond motifs is 1. The quantitative estimate of drug-likeness (QED) is 0.399. The normalized spacial score (nSPS) is 14.6. The summed E-state index contributed by atoms with van der Waals surface area (Å²) < 4.78 is 11.8. The molecule has 0 saturated carbocycles. The van der Waals surface area contributed by atoms with E-state index in [1.165, 1.54) is 11.8 Å². The van der Waals surface area contributed by atoms with E-state index in [0.717, 1.165) is 16.5 Å². The molecule has 3 aromatic rings. The Balaban J connectivity index is 1.72. The van der Waals surface area contributed by atoms with Gasteiger partial charge in [-0.2, -0.15) is 0 Å². The van der Waals surface area contributed by atoms with Crippen LogP contribution < -0.4 is 0 Å². The number of hydrogen-bond acceptors (Lipinski definition) is 5. The molecule has 3 atom stereocenters. The first kappa shape index (κ1) is 20.5. The molecule has 7 heteroatoms. The van der Waals surface area contributed by atoms with E-state index < -0.39 is 25.7 Å². The molecule has 0 spiro atoms. The summed E-state index contributed by atoms with van der Waals surface area (Å²) in [6.07, 6.45) is 0.695. The Morgan fingerprint density at radius 2 is 1.79 bits per heavy atom. The summed E-state index contributed by atoms with van der Waals surface area (Å²) in [4.78, 5) is 16.3. The number of carboxylic acids is 1. The molecule has 0 radical (unpaired) electrons. The number of aryl methyl sites for hydroxylation is 1. The second-order valence-corrected chi connectivity index (χ2v) is 8.64. The fourth-order valence-corrected chi connectivity index (χ4v) is 4.79. The number of carboxylic acid groups (broad SMARTS) is 1. The summed E-state index contributed by atoms with van der Waals surface area (Å²) in [6.45, 7) is 0. The van der Waals surface area contributed by atoms with E-state index in [9.17, 15) is 19.6 Å². The number of aliphatic hydroxyl groups is 1. The predicted molar refractivity (Wildman–Crippen MR) is 112 cm³/mol. The third-order valence-electron chi connectivity index (χ3n) is 4.63. The maximum Gasteiger partial charge on any atom is 0.361 e. The maximum atomic E-state index is 11.8. The summed E-state index contributed by atoms with van der Waals surface area (Å²) in [6, 6.07) is 20.9. The molecule has 0 aliphatic heterocycles. The van der Waals surface area contributed by atoms with Gasteiger partial charge in [-0.25, -0.2) is 4.98 Å². The van der Waals surface area contributed by atoms with Gasteiger partial charge in [0.15, 0.2) is 0 Å². The predicted octanol–water partition coefficient (Wildman–Crippen LogP) is 4.37. The highest BCUT2D eigenvalue weighted by molar-refractivity contribution is 7.99. The minimum absolute atomic E-state index is 0.00790. The number of carbonyl (C=O) groups is 1. The van der Waals surface area contributed by atoms with Crippen molar-refractivity contribution in [1.82, 2.24) is 4.98 Å². The summed E-state index contributed by atoms with van der Waals surface area (Å²) in [5, 5.41) is 20.3. The Labute approximate surface area is 169 Å². The van der Waals surface area contributed by atoms with E-state index >= 15 is 0 Å². The molecule has 28 heavy (non-hydrogen) atoms. The molecule has 0 saturated heterocycles. The number of aliphatic carboxylic acids is 1. The Kier molecular flexibility index (Phi) is 6.79. The fourth-order valence-electron chi connectivity index (χ4n) is 3.04. The molecule has 144 valence electrons. The average Bonchev–Trinajstić information content (AvgIpc) is 2.72. The van der Waals surface area contributed by atoms with E-state index in [-0.39, 0.29) is 12.2 Å². The first-order chi connectivity index (χ1) is 13.5. The second-order valence-electron chi connectivity index (χ2n) is 6.57. The van der Waals surface area contributed by atoms with Crippen LogP contribution in [0.2, 0.25) is 0 Å². The number of para-hydroxylation sites is 1. The molecule has 3 rings (SSSR count). The van der Waals surface area contributed by atoms with Gasteiger partial charge in [0.25, 0.3) is 5.34 Å². The zero-order chi connectivity index (χ0) is 20.0. The maximum absolute atomic E-state index is 11.8. The SMILES string of the molecule is O=[PH+]C(O)(CSc1ccc2ccccc2n1)C(CCc1ccccc1)C(=O)O. The molecular weight excluding hydrogens is 393 g/mol. The van der Waals surface area contributed by atoms with Crippen molar-refractivity contribution in [1.29, 1.82) is 0 Å². The molecule has 2 aromatic carbocycles. The van der Waals surface area contributed by atoms with E-state index in [1.54, 1.807) is 0 Å². The van der Waals surface area contributed by atoms with Crippen molar-refractivity contribution in [2.24, 2.45) is 5.92 Å². The minimum Gasteiger partial charge on any atom is -0.481 e. The molecule has 2 N–H and O–H groups in total. The van der Waals surface area contributed by atoms with Crippen molar-refractivity contribution < 1.29 is 19.6 Å². The van der Waals surface area contributed by atoms with Crippen LogP contribution in [-0.2, 0) is 15.8 Å². The average molecular weight is 414 g/mol. The number of nitrogens with zero attached hydrogens (tertiary/aromatic N) is 1. The number of pyridine rings is 1. The van der Waals surface area contributed by atoms with Crippen LogP contribution in [0.1, 0.15) is 12.0 Å². The number of hydrogen-bond donors (Lipinski definition) is 2. The fraction of sp³-hybridized carbons (Fsp3) is 0.238. The van der Waals surface area contributed by atoms with Crippen LogP contribution in [0.15, 0.2) is 71.8 Å². The van der Waals surface area contributed by atoms with E-state index in [4.69, 9.17) is 0 Å². The molecule has 0 aliphatic rings. The number of aromatic nitrogens is 1. The highest BCUT2D eigenvalue weighted by Crippen LogP contribution is 2.37. The molecule has 0 amide bonds. The van der Waals surface area contributed by atoms with Gasteiger partial charge in [-0.15, -0.1) is 0 Å². The van der Waals surface area contributed by atoms with Gasteiger partial charge in [0.2, 0.25) is 0 Å². The van der Waals surface area contributed by atoms with Gasteiger partial charge in [0.1, 0.15) is 5.92 Å². The lowest BCUT2D eigenvalue weighted by atomic mass is 9.94.